The number of rotatable bonds is 5. The average Bonchev–Trinajstić information content (AvgIpc) is 3.06. The first-order chi connectivity index (χ1) is 13.6. The maximum atomic E-state index is 12.7. The summed E-state index contributed by atoms with van der Waals surface area (Å²) >= 11 is 1.70. The molecular weight excluding hydrogens is 370 g/mol. The molecule has 2 heterocycles. The van der Waals surface area contributed by atoms with Gasteiger partial charge in [-0.1, -0.05) is 12.1 Å². The van der Waals surface area contributed by atoms with Gasteiger partial charge in [0.15, 0.2) is 5.96 Å². The summed E-state index contributed by atoms with van der Waals surface area (Å²) in [6, 6.07) is 7.86. The Labute approximate surface area is 171 Å². The van der Waals surface area contributed by atoms with Gasteiger partial charge in [-0.3, -0.25) is 9.79 Å². The summed E-state index contributed by atoms with van der Waals surface area (Å²) in [6.07, 6.45) is 3.43. The largest absolute Gasteiger partial charge is 0.352 e. The Balaban J connectivity index is 1.54. The van der Waals surface area contributed by atoms with E-state index in [0.29, 0.717) is 13.1 Å². The maximum absolute atomic E-state index is 12.7. The number of aromatic nitrogens is 1. The van der Waals surface area contributed by atoms with Crippen molar-refractivity contribution in [3.63, 3.8) is 0 Å². The fraction of sp³-hybridized carbons (Fsp3) is 0.476. The summed E-state index contributed by atoms with van der Waals surface area (Å²) in [5.41, 5.74) is 2.91. The molecule has 7 heteroatoms. The normalized spacial score (nSPS) is 14.8. The first kappa shape index (κ1) is 20.3. The van der Waals surface area contributed by atoms with E-state index in [0.717, 1.165) is 53.7 Å². The van der Waals surface area contributed by atoms with Crippen LogP contribution in [0.15, 0.2) is 29.3 Å². The number of carbonyl (C=O) groups is 1. The van der Waals surface area contributed by atoms with Crippen LogP contribution in [0.4, 0.5) is 0 Å². The van der Waals surface area contributed by atoms with Crippen molar-refractivity contribution in [2.24, 2.45) is 4.99 Å². The summed E-state index contributed by atoms with van der Waals surface area (Å²) in [4.78, 5) is 24.7. The summed E-state index contributed by atoms with van der Waals surface area (Å²) in [5, 5.41) is 7.66. The van der Waals surface area contributed by atoms with Gasteiger partial charge in [-0.25, -0.2) is 4.98 Å². The average molecular weight is 400 g/mol. The van der Waals surface area contributed by atoms with Crippen LogP contribution in [0.5, 0.6) is 0 Å². The molecule has 0 bridgehead atoms. The zero-order chi connectivity index (χ0) is 19.9. The number of nitrogens with one attached hydrogen (secondary N) is 2. The molecule has 2 N–H and O–H groups in total. The highest BCUT2D eigenvalue weighted by Crippen LogP contribution is 2.16. The molecular formula is C21H29N5OS. The Kier molecular flexibility index (Phi) is 7.03. The van der Waals surface area contributed by atoms with Gasteiger partial charge < -0.3 is 15.5 Å². The Morgan fingerprint density at radius 1 is 1.18 bits per heavy atom. The molecule has 0 atom stereocenters. The van der Waals surface area contributed by atoms with Crippen molar-refractivity contribution in [3.05, 3.63) is 51.0 Å². The summed E-state index contributed by atoms with van der Waals surface area (Å²) < 4.78 is 0. The first-order valence-electron chi connectivity index (χ1n) is 9.82. The van der Waals surface area contributed by atoms with Crippen LogP contribution in [-0.4, -0.2) is 41.9 Å². The minimum atomic E-state index is 0.138. The van der Waals surface area contributed by atoms with Gasteiger partial charge in [0.25, 0.3) is 5.91 Å². The Morgan fingerprint density at radius 3 is 2.61 bits per heavy atom. The molecule has 1 amide bonds. The number of amides is 1. The van der Waals surface area contributed by atoms with E-state index in [1.165, 1.54) is 11.3 Å². The zero-order valence-electron chi connectivity index (χ0n) is 16.9. The van der Waals surface area contributed by atoms with Crippen LogP contribution in [0.2, 0.25) is 0 Å². The minimum Gasteiger partial charge on any atom is -0.352 e. The molecule has 3 rings (SSSR count). The van der Waals surface area contributed by atoms with E-state index in [1.807, 2.05) is 36.1 Å². The Hall–Kier alpha value is -2.41. The molecule has 1 aromatic heterocycles. The van der Waals surface area contributed by atoms with E-state index in [1.54, 1.807) is 18.4 Å². The number of carbonyl (C=O) groups excluding carboxylic acids is 1. The number of nitrogens with zero attached hydrogens (tertiary/aromatic N) is 3. The fourth-order valence-corrected chi connectivity index (χ4v) is 4.15. The number of benzene rings is 1. The third kappa shape index (κ3) is 5.32. The molecule has 0 spiro atoms. The van der Waals surface area contributed by atoms with Crippen molar-refractivity contribution in [2.75, 3.05) is 20.1 Å². The number of aliphatic imine (C=N–C) groups is 1. The summed E-state index contributed by atoms with van der Waals surface area (Å²) in [6.45, 7) is 7.10. The minimum absolute atomic E-state index is 0.138. The number of aryl methyl sites for hydroxylation is 2. The predicted octanol–water partition coefficient (Wildman–Crippen LogP) is 3.25. The lowest BCUT2D eigenvalue weighted by atomic mass is 10.1. The third-order valence-electron chi connectivity index (χ3n) is 4.98. The third-order valence-corrected chi connectivity index (χ3v) is 6.05. The molecule has 0 aliphatic carbocycles. The molecule has 0 unspecified atom stereocenters. The van der Waals surface area contributed by atoms with Gasteiger partial charge in [0.2, 0.25) is 0 Å². The Bertz CT molecular complexity index is 820. The maximum Gasteiger partial charge on any atom is 0.253 e. The lowest BCUT2D eigenvalue weighted by molar-refractivity contribution is 0.0724. The molecule has 6 nitrogen and oxygen atoms in total. The van der Waals surface area contributed by atoms with Gasteiger partial charge in [0, 0.05) is 37.1 Å². The molecule has 1 saturated heterocycles. The second kappa shape index (κ2) is 9.68. The topological polar surface area (TPSA) is 69.6 Å². The summed E-state index contributed by atoms with van der Waals surface area (Å²) in [5.74, 6) is 0.858. The van der Waals surface area contributed by atoms with Gasteiger partial charge in [-0.15, -0.1) is 11.3 Å². The van der Waals surface area contributed by atoms with Crippen molar-refractivity contribution in [1.82, 2.24) is 20.5 Å². The Morgan fingerprint density at radius 2 is 1.93 bits per heavy atom. The lowest BCUT2D eigenvalue weighted by Crippen LogP contribution is -2.36. The van der Waals surface area contributed by atoms with Gasteiger partial charge in [0.1, 0.15) is 5.01 Å². The second-order valence-corrected chi connectivity index (χ2v) is 8.37. The van der Waals surface area contributed by atoms with Crippen molar-refractivity contribution in [2.45, 2.75) is 46.2 Å². The molecule has 0 saturated carbocycles. The SMILES string of the molecule is CN=C(NCc1cccc(C(=O)N2CCCCC2)c1)NCc1nc(C)c(C)s1. The van der Waals surface area contributed by atoms with Crippen molar-refractivity contribution in [1.29, 1.82) is 0 Å². The summed E-state index contributed by atoms with van der Waals surface area (Å²) in [7, 11) is 1.75. The molecule has 1 fully saturated rings. The number of piperidine rings is 1. The van der Waals surface area contributed by atoms with E-state index in [9.17, 15) is 4.79 Å². The lowest BCUT2D eigenvalue weighted by Gasteiger charge is -2.26. The highest BCUT2D eigenvalue weighted by Gasteiger charge is 2.18. The van der Waals surface area contributed by atoms with E-state index in [2.05, 4.69) is 27.5 Å². The number of likely N-dealkylation sites (tertiary alicyclic amines) is 1. The van der Waals surface area contributed by atoms with Crippen LogP contribution in [0.1, 0.15) is 50.8 Å². The first-order valence-corrected chi connectivity index (χ1v) is 10.6. The number of hydrogen-bond acceptors (Lipinski definition) is 4. The number of guanidine groups is 1. The van der Waals surface area contributed by atoms with Gasteiger partial charge >= 0.3 is 0 Å². The number of hydrogen-bond donors (Lipinski definition) is 2. The molecule has 2 aromatic rings. The quantitative estimate of drug-likeness (QED) is 0.598. The van der Waals surface area contributed by atoms with Crippen LogP contribution in [0, 0.1) is 13.8 Å². The molecule has 1 aliphatic rings. The van der Waals surface area contributed by atoms with Gasteiger partial charge in [-0.05, 0) is 50.8 Å². The van der Waals surface area contributed by atoms with Crippen LogP contribution < -0.4 is 10.6 Å². The smallest absolute Gasteiger partial charge is 0.253 e. The van der Waals surface area contributed by atoms with Crippen LogP contribution >= 0.6 is 11.3 Å². The highest BCUT2D eigenvalue weighted by molar-refractivity contribution is 7.11. The molecule has 28 heavy (non-hydrogen) atoms. The zero-order valence-corrected chi connectivity index (χ0v) is 17.7. The second-order valence-electron chi connectivity index (χ2n) is 7.08. The molecule has 0 radical (unpaired) electrons. The van der Waals surface area contributed by atoms with Crippen molar-refractivity contribution in [3.8, 4) is 0 Å². The van der Waals surface area contributed by atoms with Crippen LogP contribution in [-0.2, 0) is 13.1 Å². The fourth-order valence-electron chi connectivity index (χ4n) is 3.27. The van der Waals surface area contributed by atoms with Gasteiger partial charge in [-0.2, -0.15) is 0 Å². The predicted molar refractivity (Wildman–Crippen MR) is 115 cm³/mol. The molecule has 150 valence electrons. The van der Waals surface area contributed by atoms with E-state index in [4.69, 9.17) is 0 Å². The molecule has 1 aliphatic heterocycles. The van der Waals surface area contributed by atoms with Crippen molar-refractivity contribution >= 4 is 23.2 Å². The van der Waals surface area contributed by atoms with Gasteiger partial charge in [0.05, 0.1) is 12.2 Å². The van der Waals surface area contributed by atoms with Crippen molar-refractivity contribution < 1.29 is 4.79 Å². The van der Waals surface area contributed by atoms with Crippen LogP contribution in [0.25, 0.3) is 0 Å². The monoisotopic (exact) mass is 399 g/mol. The van der Waals surface area contributed by atoms with E-state index in [-0.39, 0.29) is 5.91 Å². The molecule has 1 aromatic carbocycles. The van der Waals surface area contributed by atoms with E-state index < -0.39 is 0 Å². The standard InChI is InChI=1S/C21H29N5OS/c1-15-16(2)28-19(25-15)14-24-21(22-3)23-13-17-8-7-9-18(12-17)20(27)26-10-5-4-6-11-26/h7-9,12H,4-6,10-11,13-14H2,1-3H3,(H2,22,23,24). The number of thiazole rings is 1. The highest BCUT2D eigenvalue weighted by atomic mass is 32.1. The van der Waals surface area contributed by atoms with E-state index >= 15 is 0 Å². The van der Waals surface area contributed by atoms with Crippen LogP contribution in [0.3, 0.4) is 0 Å².